The highest BCUT2D eigenvalue weighted by molar-refractivity contribution is 5.80. The number of nitrogens with zero attached hydrogens (tertiary/aromatic N) is 1. The van der Waals surface area contributed by atoms with Crippen molar-refractivity contribution in [2.45, 2.75) is 13.5 Å². The number of hydrogen-bond acceptors (Lipinski definition) is 0. The lowest BCUT2D eigenvalue weighted by Crippen LogP contribution is -2.00. The van der Waals surface area contributed by atoms with Gasteiger partial charge < -0.3 is 4.57 Å². The molecule has 0 aliphatic carbocycles. The molecule has 0 bridgehead atoms. The van der Waals surface area contributed by atoms with Gasteiger partial charge in [-0.3, -0.25) is 0 Å². The maximum Gasteiger partial charge on any atom is 0.123 e. The highest BCUT2D eigenvalue weighted by Gasteiger charge is 2.04. The van der Waals surface area contributed by atoms with E-state index in [1.807, 2.05) is 25.1 Å². The van der Waals surface area contributed by atoms with Crippen LogP contribution in [0.3, 0.4) is 0 Å². The predicted molar refractivity (Wildman–Crippen MR) is 72.2 cm³/mol. The van der Waals surface area contributed by atoms with Gasteiger partial charge in [-0.2, -0.15) is 0 Å². The summed E-state index contributed by atoms with van der Waals surface area (Å²) in [7, 11) is 0. The first-order valence-corrected chi connectivity index (χ1v) is 6.03. The van der Waals surface area contributed by atoms with Crippen LogP contribution in [-0.4, -0.2) is 4.57 Å². The highest BCUT2D eigenvalue weighted by Crippen LogP contribution is 2.18. The fourth-order valence-corrected chi connectivity index (χ4v) is 2.30. The zero-order valence-corrected chi connectivity index (χ0v) is 10.2. The second-order valence-corrected chi connectivity index (χ2v) is 4.57. The molecule has 0 saturated heterocycles. The van der Waals surface area contributed by atoms with E-state index >= 15 is 0 Å². The van der Waals surface area contributed by atoms with Crippen LogP contribution in [0, 0.1) is 12.7 Å². The van der Waals surface area contributed by atoms with E-state index in [1.165, 1.54) is 17.0 Å². The Morgan fingerprint density at radius 3 is 2.72 bits per heavy atom. The molecule has 0 saturated carbocycles. The third kappa shape index (κ3) is 1.90. The van der Waals surface area contributed by atoms with Gasteiger partial charge in [0.1, 0.15) is 5.82 Å². The molecule has 0 aliphatic heterocycles. The smallest absolute Gasteiger partial charge is 0.123 e. The van der Waals surface area contributed by atoms with E-state index in [0.29, 0.717) is 0 Å². The molecule has 18 heavy (non-hydrogen) atoms. The molecule has 3 rings (SSSR count). The standard InChI is InChI=1S/C16H14FN/c1-12-10-15(17)7-6-14(12)11-18-9-8-13-4-2-3-5-16(13)18/h2-10H,11H2,1H3. The van der Waals surface area contributed by atoms with Gasteiger partial charge in [-0.05, 0) is 47.7 Å². The average Bonchev–Trinajstić information content (AvgIpc) is 2.76. The van der Waals surface area contributed by atoms with Gasteiger partial charge in [-0.15, -0.1) is 0 Å². The van der Waals surface area contributed by atoms with Crippen LogP contribution in [0.15, 0.2) is 54.7 Å². The van der Waals surface area contributed by atoms with E-state index in [1.54, 1.807) is 6.07 Å². The van der Waals surface area contributed by atoms with Crippen LogP contribution in [-0.2, 0) is 6.54 Å². The second kappa shape index (κ2) is 4.30. The maximum atomic E-state index is 13.1. The first-order valence-electron chi connectivity index (χ1n) is 6.03. The third-order valence-electron chi connectivity index (χ3n) is 3.33. The summed E-state index contributed by atoms with van der Waals surface area (Å²) in [4.78, 5) is 0. The third-order valence-corrected chi connectivity index (χ3v) is 3.33. The van der Waals surface area contributed by atoms with Gasteiger partial charge in [-0.25, -0.2) is 4.39 Å². The monoisotopic (exact) mass is 239 g/mol. The van der Waals surface area contributed by atoms with Crippen LogP contribution >= 0.6 is 0 Å². The molecule has 3 aromatic rings. The molecule has 1 aromatic heterocycles. The van der Waals surface area contributed by atoms with Crippen LogP contribution < -0.4 is 0 Å². The SMILES string of the molecule is Cc1cc(F)ccc1Cn1ccc2ccccc21. The topological polar surface area (TPSA) is 4.93 Å². The molecule has 90 valence electrons. The molecule has 0 atom stereocenters. The number of hydrogen-bond donors (Lipinski definition) is 0. The first kappa shape index (κ1) is 11.0. The normalized spacial score (nSPS) is 11.0. The van der Waals surface area contributed by atoms with Gasteiger partial charge >= 0.3 is 0 Å². The van der Waals surface area contributed by atoms with Crippen molar-refractivity contribution in [2.24, 2.45) is 0 Å². The average molecular weight is 239 g/mol. The van der Waals surface area contributed by atoms with Crippen LogP contribution in [0.5, 0.6) is 0 Å². The molecule has 0 radical (unpaired) electrons. The van der Waals surface area contributed by atoms with Crippen molar-refractivity contribution in [2.75, 3.05) is 0 Å². The molecule has 1 heterocycles. The van der Waals surface area contributed by atoms with Crippen molar-refractivity contribution in [1.82, 2.24) is 4.57 Å². The summed E-state index contributed by atoms with van der Waals surface area (Å²) >= 11 is 0. The number of rotatable bonds is 2. The molecule has 0 N–H and O–H groups in total. The minimum atomic E-state index is -0.173. The number of benzene rings is 2. The number of halogens is 1. The van der Waals surface area contributed by atoms with Gasteiger partial charge in [0, 0.05) is 18.3 Å². The molecular formula is C16H14FN. The summed E-state index contributed by atoms with van der Waals surface area (Å²) in [6, 6.07) is 15.4. The summed E-state index contributed by atoms with van der Waals surface area (Å²) < 4.78 is 15.3. The summed E-state index contributed by atoms with van der Waals surface area (Å²) in [5.74, 6) is -0.173. The Morgan fingerprint density at radius 1 is 1.06 bits per heavy atom. The molecule has 0 spiro atoms. The maximum absolute atomic E-state index is 13.1. The molecule has 0 aliphatic rings. The molecule has 0 fully saturated rings. The number of fused-ring (bicyclic) bond motifs is 1. The van der Waals surface area contributed by atoms with Crippen molar-refractivity contribution in [3.8, 4) is 0 Å². The van der Waals surface area contributed by atoms with E-state index in [-0.39, 0.29) is 5.82 Å². The molecule has 0 unspecified atom stereocenters. The zero-order chi connectivity index (χ0) is 12.5. The van der Waals surface area contributed by atoms with Crippen LogP contribution in [0.1, 0.15) is 11.1 Å². The summed E-state index contributed by atoms with van der Waals surface area (Å²) in [5.41, 5.74) is 3.35. The van der Waals surface area contributed by atoms with Gasteiger partial charge in [0.05, 0.1) is 0 Å². The molecule has 2 aromatic carbocycles. The largest absolute Gasteiger partial charge is 0.343 e. The fraction of sp³-hybridized carbons (Fsp3) is 0.125. The van der Waals surface area contributed by atoms with Crippen molar-refractivity contribution in [1.29, 1.82) is 0 Å². The molecular weight excluding hydrogens is 225 g/mol. The Kier molecular flexibility index (Phi) is 2.63. The number of aryl methyl sites for hydroxylation is 1. The number of aromatic nitrogens is 1. The Labute approximate surface area is 105 Å². The van der Waals surface area contributed by atoms with E-state index in [0.717, 1.165) is 17.7 Å². The lowest BCUT2D eigenvalue weighted by molar-refractivity contribution is 0.625. The quantitative estimate of drug-likeness (QED) is 0.633. The van der Waals surface area contributed by atoms with Crippen molar-refractivity contribution >= 4 is 10.9 Å². The Bertz CT molecular complexity index is 697. The van der Waals surface area contributed by atoms with Crippen LogP contribution in [0.2, 0.25) is 0 Å². The molecule has 0 amide bonds. The van der Waals surface area contributed by atoms with Crippen molar-refractivity contribution < 1.29 is 4.39 Å². The van der Waals surface area contributed by atoms with Gasteiger partial charge in [0.2, 0.25) is 0 Å². The van der Waals surface area contributed by atoms with Gasteiger partial charge in [0.15, 0.2) is 0 Å². The summed E-state index contributed by atoms with van der Waals surface area (Å²) in [6.07, 6.45) is 2.08. The minimum Gasteiger partial charge on any atom is -0.343 e. The predicted octanol–water partition coefficient (Wildman–Crippen LogP) is 4.14. The van der Waals surface area contributed by atoms with Crippen LogP contribution in [0.25, 0.3) is 10.9 Å². The second-order valence-electron chi connectivity index (χ2n) is 4.57. The lowest BCUT2D eigenvalue weighted by atomic mass is 10.1. The fourth-order valence-electron chi connectivity index (χ4n) is 2.30. The lowest BCUT2D eigenvalue weighted by Gasteiger charge is -2.08. The molecule has 1 nitrogen and oxygen atoms in total. The van der Waals surface area contributed by atoms with Crippen molar-refractivity contribution in [3.63, 3.8) is 0 Å². The summed E-state index contributed by atoms with van der Waals surface area (Å²) in [5, 5.41) is 1.23. The van der Waals surface area contributed by atoms with Gasteiger partial charge in [-0.1, -0.05) is 24.3 Å². The number of para-hydroxylation sites is 1. The Morgan fingerprint density at radius 2 is 1.89 bits per heavy atom. The Hall–Kier alpha value is -2.09. The first-order chi connectivity index (χ1) is 8.74. The van der Waals surface area contributed by atoms with E-state index in [2.05, 4.69) is 29.0 Å². The van der Waals surface area contributed by atoms with E-state index in [4.69, 9.17) is 0 Å². The molecule has 2 heteroatoms. The van der Waals surface area contributed by atoms with Crippen molar-refractivity contribution in [3.05, 3.63) is 71.7 Å². The van der Waals surface area contributed by atoms with Crippen LogP contribution in [0.4, 0.5) is 4.39 Å². The minimum absolute atomic E-state index is 0.173. The van der Waals surface area contributed by atoms with Gasteiger partial charge in [0.25, 0.3) is 0 Å². The summed E-state index contributed by atoms with van der Waals surface area (Å²) in [6.45, 7) is 2.73. The van der Waals surface area contributed by atoms with E-state index < -0.39 is 0 Å². The highest BCUT2D eigenvalue weighted by atomic mass is 19.1. The zero-order valence-electron chi connectivity index (χ0n) is 10.2. The Balaban J connectivity index is 2.01. The van der Waals surface area contributed by atoms with E-state index in [9.17, 15) is 4.39 Å².